The minimum atomic E-state index is -0.384. The molecule has 2 aromatic carbocycles. The molecule has 47 heavy (non-hydrogen) atoms. The molecule has 0 radical (unpaired) electrons. The van der Waals surface area contributed by atoms with Gasteiger partial charge in [-0.3, -0.25) is 0 Å². The Morgan fingerprint density at radius 3 is 0.830 bits per heavy atom. The molecule has 0 aliphatic heterocycles. The maximum atomic E-state index is 4.81. The molecule has 0 heterocycles. The van der Waals surface area contributed by atoms with Crippen LogP contribution in [0, 0.1) is 0 Å². The van der Waals surface area contributed by atoms with Crippen molar-refractivity contribution in [1.82, 2.24) is 0 Å². The zero-order valence-electron chi connectivity index (χ0n) is 30.0. The molecule has 0 N–H and O–H groups in total. The van der Waals surface area contributed by atoms with Gasteiger partial charge in [-0.2, -0.15) is 0 Å². The molecule has 0 spiro atoms. The Bertz CT molecular complexity index is 969. The molecule has 4 saturated carbocycles. The molecule has 4 aliphatic carbocycles. The Labute approximate surface area is 308 Å². The predicted octanol–water partition coefficient (Wildman–Crippen LogP) is 11.9. The molecule has 0 atom stereocenters. The predicted molar refractivity (Wildman–Crippen MR) is 217 cm³/mol. The van der Waals surface area contributed by atoms with Gasteiger partial charge in [-0.15, -0.1) is 0 Å². The Morgan fingerprint density at radius 2 is 0.638 bits per heavy atom. The first kappa shape index (κ1) is 39.9. The van der Waals surface area contributed by atoms with E-state index in [-0.39, 0.29) is 31.8 Å². The van der Waals surface area contributed by atoms with Gasteiger partial charge in [-0.25, -0.2) is 0 Å². The van der Waals surface area contributed by atoms with Gasteiger partial charge < -0.3 is 9.80 Å². The molecule has 6 rings (SSSR count). The zero-order valence-corrected chi connectivity index (χ0v) is 35.1. The van der Waals surface area contributed by atoms with Crippen LogP contribution in [0.5, 0.6) is 0 Å². The third kappa shape index (κ3) is 12.7. The normalized spacial score (nSPS) is 20.3. The summed E-state index contributed by atoms with van der Waals surface area (Å²) >= 11 is -0.106. The number of anilines is 2. The fraction of sp³-hybridized carbons (Fsp3) is 0.700. The Hall–Kier alpha value is 0.142. The zero-order chi connectivity index (χ0) is 33.4. The first-order chi connectivity index (χ1) is 22.9. The van der Waals surface area contributed by atoms with Gasteiger partial charge in [0.2, 0.25) is 0 Å². The van der Waals surface area contributed by atoms with Crippen LogP contribution in [0.3, 0.4) is 0 Å². The van der Waals surface area contributed by atoms with Crippen LogP contribution in [0.2, 0.25) is 0 Å². The van der Waals surface area contributed by atoms with E-state index in [1.54, 1.807) is 10.6 Å². The standard InChI is InChI=1S/2C20H32NP.2ClH.Pd/c2*1-21(2)17-13-15-20(16-14-17)22(18-9-5-3-6-10-18)19-11-7-4-8-12-19;;;/h2*13-16,18-19H,3-12H2,1-2H3;2*1H;/q;;;;+2. The van der Waals surface area contributed by atoms with Crippen LogP contribution in [-0.2, 0) is 15.9 Å². The van der Waals surface area contributed by atoms with E-state index in [1.807, 2.05) is 0 Å². The van der Waals surface area contributed by atoms with Gasteiger partial charge in [0, 0.05) is 55.4 Å². The van der Waals surface area contributed by atoms with Crippen LogP contribution in [0.15, 0.2) is 48.5 Å². The van der Waals surface area contributed by atoms with Gasteiger partial charge in [0.15, 0.2) is 0 Å². The summed E-state index contributed by atoms with van der Waals surface area (Å²) in [5.74, 6) is 0. The average molecular weight is 814 g/mol. The van der Waals surface area contributed by atoms with Crippen molar-refractivity contribution in [3.63, 3.8) is 0 Å². The Balaban J connectivity index is 0.000000197. The summed E-state index contributed by atoms with van der Waals surface area (Å²) in [7, 11) is 17.4. The van der Waals surface area contributed by atoms with Crippen LogP contribution < -0.4 is 20.4 Å². The van der Waals surface area contributed by atoms with E-state index in [1.165, 1.54) is 140 Å². The molecular weight excluding hydrogens is 748 g/mol. The molecule has 2 nitrogen and oxygen atoms in total. The van der Waals surface area contributed by atoms with Crippen LogP contribution in [0.25, 0.3) is 0 Å². The van der Waals surface area contributed by atoms with Gasteiger partial charge in [-0.1, -0.05) is 25.7 Å². The molecule has 0 bridgehead atoms. The number of hydrogen-bond acceptors (Lipinski definition) is 2. The van der Waals surface area contributed by atoms with E-state index < -0.39 is 0 Å². The maximum absolute atomic E-state index is 4.81. The van der Waals surface area contributed by atoms with Gasteiger partial charge >= 0.3 is 35.0 Å². The summed E-state index contributed by atoms with van der Waals surface area (Å²) in [5, 5.41) is 3.46. The van der Waals surface area contributed by atoms with Crippen LogP contribution in [-0.4, -0.2) is 50.8 Å². The Kier molecular flexibility index (Phi) is 18.8. The number of benzene rings is 2. The summed E-state index contributed by atoms with van der Waals surface area (Å²) in [6, 6.07) is 19.3. The molecule has 0 amide bonds. The first-order valence-electron chi connectivity index (χ1n) is 19.0. The average Bonchev–Trinajstić information content (AvgIpc) is 3.12. The Morgan fingerprint density at radius 1 is 0.426 bits per heavy atom. The molecule has 4 aliphatic rings. The molecule has 7 heteroatoms. The van der Waals surface area contributed by atoms with Gasteiger partial charge in [-0.05, 0) is 151 Å². The summed E-state index contributed by atoms with van der Waals surface area (Å²) in [6.07, 6.45) is 29.9. The molecule has 268 valence electrons. The number of halogens is 2. The van der Waals surface area contributed by atoms with E-state index in [0.29, 0.717) is 0 Å². The second-order valence-corrected chi connectivity index (χ2v) is 23.8. The summed E-state index contributed by atoms with van der Waals surface area (Å²) in [5.41, 5.74) is 6.88. The monoisotopic (exact) mass is 812 g/mol. The molecular formula is C40H66Cl2N2P2Pd+2. The quantitative estimate of drug-likeness (QED) is 0.193. The van der Waals surface area contributed by atoms with E-state index in [2.05, 4.69) is 86.5 Å². The molecule has 0 aromatic heterocycles. The topological polar surface area (TPSA) is 6.48 Å². The third-order valence-electron chi connectivity index (χ3n) is 11.6. The fourth-order valence-electron chi connectivity index (χ4n) is 9.17. The van der Waals surface area contributed by atoms with Crippen molar-refractivity contribution in [2.45, 2.75) is 151 Å². The van der Waals surface area contributed by atoms with Crippen LogP contribution in [0.1, 0.15) is 128 Å². The van der Waals surface area contributed by atoms with E-state index in [9.17, 15) is 0 Å². The number of hydrogen-bond donors (Lipinski definition) is 0. The summed E-state index contributed by atoms with van der Waals surface area (Å²) < 4.78 is 0. The molecule has 4 fully saturated rings. The van der Waals surface area contributed by atoms with Gasteiger partial charge in [0.1, 0.15) is 0 Å². The SMILES string of the molecule is CN(C)c1ccc([PH+](C2CCCCC2)C2CCCCC2)cc1.CN(C)c1ccc([PH+](C2CCCCC2)C2CCCCC2)cc1.[Cl][Pd][Cl]. The van der Waals surface area contributed by atoms with Crippen molar-refractivity contribution in [3.8, 4) is 0 Å². The number of rotatable bonds is 8. The van der Waals surface area contributed by atoms with Crippen molar-refractivity contribution < 1.29 is 15.9 Å². The minimum absolute atomic E-state index is 0.106. The van der Waals surface area contributed by atoms with Crippen molar-refractivity contribution in [3.05, 3.63) is 48.5 Å². The van der Waals surface area contributed by atoms with Crippen molar-refractivity contribution in [1.29, 1.82) is 0 Å². The molecule has 2 aromatic rings. The van der Waals surface area contributed by atoms with E-state index in [0.717, 1.165) is 22.6 Å². The summed E-state index contributed by atoms with van der Waals surface area (Å²) in [6.45, 7) is 0. The van der Waals surface area contributed by atoms with Crippen molar-refractivity contribution in [2.24, 2.45) is 0 Å². The number of nitrogens with zero attached hydrogens (tertiary/aromatic N) is 2. The summed E-state index contributed by atoms with van der Waals surface area (Å²) in [4.78, 5) is 4.44. The van der Waals surface area contributed by atoms with Crippen LogP contribution >= 0.6 is 34.9 Å². The van der Waals surface area contributed by atoms with Crippen molar-refractivity contribution >= 4 is 56.9 Å². The fourth-order valence-corrected chi connectivity index (χ4v) is 17.6. The molecule has 0 saturated heterocycles. The second kappa shape index (κ2) is 22.2. The van der Waals surface area contributed by atoms with E-state index >= 15 is 0 Å². The van der Waals surface area contributed by atoms with Crippen molar-refractivity contribution in [2.75, 3.05) is 38.0 Å². The van der Waals surface area contributed by atoms with Crippen LogP contribution in [0.4, 0.5) is 11.4 Å². The van der Waals surface area contributed by atoms with Gasteiger partial charge in [0.25, 0.3) is 0 Å². The molecule has 0 unspecified atom stereocenters. The second-order valence-electron chi connectivity index (χ2n) is 15.2. The third-order valence-corrected chi connectivity index (χ3v) is 19.4. The first-order valence-corrected chi connectivity index (χ1v) is 26.4. The van der Waals surface area contributed by atoms with E-state index in [4.69, 9.17) is 19.1 Å². The van der Waals surface area contributed by atoms with Gasteiger partial charge in [0.05, 0.1) is 33.2 Å².